The van der Waals surface area contributed by atoms with E-state index in [2.05, 4.69) is 20.9 Å². The van der Waals surface area contributed by atoms with Gasteiger partial charge in [-0.25, -0.2) is 9.59 Å². The predicted octanol–water partition coefficient (Wildman–Crippen LogP) is 4.15. The van der Waals surface area contributed by atoms with E-state index in [1.807, 2.05) is 6.07 Å². The van der Waals surface area contributed by atoms with Crippen molar-refractivity contribution in [1.82, 2.24) is 4.98 Å². The number of esters is 2. The lowest BCUT2D eigenvalue weighted by molar-refractivity contribution is 0.0717. The summed E-state index contributed by atoms with van der Waals surface area (Å²) in [5.74, 6) is -1.61. The van der Waals surface area contributed by atoms with E-state index in [-0.39, 0.29) is 22.9 Å². The topological polar surface area (TPSA) is 89.3 Å². The lowest BCUT2D eigenvalue weighted by Crippen LogP contribution is -2.13. The molecule has 27 heavy (non-hydrogen) atoms. The van der Waals surface area contributed by atoms with Crippen LogP contribution in [0.3, 0.4) is 0 Å². The molecule has 3 aromatic rings. The molecule has 0 aliphatic heterocycles. The highest BCUT2D eigenvalue weighted by molar-refractivity contribution is 9.10. The molecule has 0 amide bonds. The third kappa shape index (κ3) is 4.57. The van der Waals surface area contributed by atoms with Crippen molar-refractivity contribution in [3.63, 3.8) is 0 Å². The van der Waals surface area contributed by atoms with E-state index < -0.39 is 11.9 Å². The summed E-state index contributed by atoms with van der Waals surface area (Å²) in [6, 6.07) is 19.5. The van der Waals surface area contributed by atoms with Crippen LogP contribution in [0.25, 0.3) is 0 Å². The number of nitriles is 1. The first-order chi connectivity index (χ1) is 13.1. The summed E-state index contributed by atoms with van der Waals surface area (Å²) < 4.78 is 11.2. The second-order valence-corrected chi connectivity index (χ2v) is 6.18. The van der Waals surface area contributed by atoms with Crippen molar-refractivity contribution in [1.29, 1.82) is 5.26 Å². The summed E-state index contributed by atoms with van der Waals surface area (Å²) in [6.45, 7) is 0. The molecule has 0 spiro atoms. The van der Waals surface area contributed by atoms with Gasteiger partial charge in [0.2, 0.25) is 11.8 Å². The molecule has 0 radical (unpaired) electrons. The molecule has 1 aromatic heterocycles. The van der Waals surface area contributed by atoms with Crippen molar-refractivity contribution in [3.05, 3.63) is 87.9 Å². The fraction of sp³-hybridized carbons (Fsp3) is 0. The fourth-order valence-corrected chi connectivity index (χ4v) is 2.37. The van der Waals surface area contributed by atoms with Crippen molar-refractivity contribution < 1.29 is 19.1 Å². The summed E-state index contributed by atoms with van der Waals surface area (Å²) in [5.41, 5.74) is 0.674. The molecule has 0 N–H and O–H groups in total. The molecule has 0 aliphatic rings. The van der Waals surface area contributed by atoms with Crippen LogP contribution in [0.15, 0.2) is 71.2 Å². The second kappa shape index (κ2) is 8.25. The Labute approximate surface area is 163 Å². The first kappa shape index (κ1) is 18.3. The molecule has 0 unspecified atom stereocenters. The lowest BCUT2D eigenvalue weighted by atomic mass is 10.2. The van der Waals surface area contributed by atoms with Crippen molar-refractivity contribution in [2.24, 2.45) is 0 Å². The number of pyridine rings is 1. The Kier molecular flexibility index (Phi) is 5.59. The van der Waals surface area contributed by atoms with Crippen molar-refractivity contribution >= 4 is 27.9 Å². The van der Waals surface area contributed by atoms with Gasteiger partial charge in [-0.15, -0.1) is 0 Å². The summed E-state index contributed by atoms with van der Waals surface area (Å²) in [5, 5.41) is 9.19. The Morgan fingerprint density at radius 2 is 1.48 bits per heavy atom. The molecule has 0 saturated carbocycles. The predicted molar refractivity (Wildman–Crippen MR) is 99.5 cm³/mol. The minimum Gasteiger partial charge on any atom is -0.404 e. The van der Waals surface area contributed by atoms with E-state index in [9.17, 15) is 14.9 Å². The monoisotopic (exact) mass is 422 g/mol. The summed E-state index contributed by atoms with van der Waals surface area (Å²) in [4.78, 5) is 28.3. The number of halogens is 1. The lowest BCUT2D eigenvalue weighted by Gasteiger charge is -2.08. The second-order valence-electron chi connectivity index (χ2n) is 5.27. The summed E-state index contributed by atoms with van der Waals surface area (Å²) in [6.07, 6.45) is 0. The van der Waals surface area contributed by atoms with Crippen LogP contribution >= 0.6 is 15.9 Å². The van der Waals surface area contributed by atoms with Crippen molar-refractivity contribution in [3.8, 4) is 17.8 Å². The number of carbonyl (C=O) groups excluding carboxylic acids is 2. The quantitative estimate of drug-likeness (QED) is 0.586. The van der Waals surface area contributed by atoms with Crippen LogP contribution in [0.5, 0.6) is 11.8 Å². The number of hydrogen-bond donors (Lipinski definition) is 0. The van der Waals surface area contributed by atoms with Gasteiger partial charge in [-0.05, 0) is 42.5 Å². The van der Waals surface area contributed by atoms with E-state index in [1.165, 1.54) is 12.1 Å². The van der Waals surface area contributed by atoms with Gasteiger partial charge in [0.25, 0.3) is 0 Å². The average Bonchev–Trinajstić information content (AvgIpc) is 2.69. The average molecular weight is 423 g/mol. The standard InChI is InChI=1S/C20H11BrN2O4/c21-16-9-6-14(7-10-16)20(25)27-18-15(12-22)8-11-17(23-18)26-19(24)13-4-2-1-3-5-13/h1-11H. The van der Waals surface area contributed by atoms with Crippen LogP contribution in [0, 0.1) is 11.3 Å². The van der Waals surface area contributed by atoms with Gasteiger partial charge < -0.3 is 9.47 Å². The number of nitrogens with zero attached hydrogens (tertiary/aromatic N) is 2. The van der Waals surface area contributed by atoms with Crippen LogP contribution in [0.1, 0.15) is 26.3 Å². The van der Waals surface area contributed by atoms with Crippen molar-refractivity contribution in [2.75, 3.05) is 0 Å². The number of aromatic nitrogens is 1. The molecule has 132 valence electrons. The molecule has 0 bridgehead atoms. The van der Waals surface area contributed by atoms with Gasteiger partial charge in [-0.3, -0.25) is 0 Å². The fourth-order valence-electron chi connectivity index (χ4n) is 2.10. The van der Waals surface area contributed by atoms with Gasteiger partial charge in [0.05, 0.1) is 11.1 Å². The molecular formula is C20H11BrN2O4. The number of carbonyl (C=O) groups is 2. The van der Waals surface area contributed by atoms with Gasteiger partial charge >= 0.3 is 11.9 Å². The Bertz CT molecular complexity index is 1030. The van der Waals surface area contributed by atoms with Crippen LogP contribution in [0.4, 0.5) is 0 Å². The Morgan fingerprint density at radius 3 is 2.15 bits per heavy atom. The number of ether oxygens (including phenoxy) is 2. The van der Waals surface area contributed by atoms with E-state index >= 15 is 0 Å². The van der Waals surface area contributed by atoms with Gasteiger partial charge in [0, 0.05) is 10.5 Å². The molecular weight excluding hydrogens is 412 g/mol. The number of rotatable bonds is 4. The molecule has 0 saturated heterocycles. The van der Waals surface area contributed by atoms with Gasteiger partial charge in [-0.1, -0.05) is 34.1 Å². The van der Waals surface area contributed by atoms with E-state index in [4.69, 9.17) is 9.47 Å². The largest absolute Gasteiger partial charge is 0.404 e. The SMILES string of the molecule is N#Cc1ccc(OC(=O)c2ccccc2)nc1OC(=O)c1ccc(Br)cc1. The van der Waals surface area contributed by atoms with Crippen LogP contribution in [-0.2, 0) is 0 Å². The first-order valence-corrected chi connectivity index (χ1v) is 8.52. The first-order valence-electron chi connectivity index (χ1n) is 7.73. The molecule has 2 aromatic carbocycles. The molecule has 6 nitrogen and oxygen atoms in total. The van der Waals surface area contributed by atoms with E-state index in [1.54, 1.807) is 54.6 Å². The van der Waals surface area contributed by atoms with Gasteiger partial charge in [-0.2, -0.15) is 10.2 Å². The maximum Gasteiger partial charge on any atom is 0.344 e. The van der Waals surface area contributed by atoms with Crippen LogP contribution in [-0.4, -0.2) is 16.9 Å². The zero-order chi connectivity index (χ0) is 19.2. The highest BCUT2D eigenvalue weighted by Crippen LogP contribution is 2.22. The van der Waals surface area contributed by atoms with Crippen LogP contribution < -0.4 is 9.47 Å². The molecule has 3 rings (SSSR count). The molecule has 0 fully saturated rings. The minimum absolute atomic E-state index is 0.0416. The highest BCUT2D eigenvalue weighted by atomic mass is 79.9. The van der Waals surface area contributed by atoms with E-state index in [0.29, 0.717) is 5.56 Å². The Balaban J connectivity index is 1.81. The maximum atomic E-state index is 12.3. The summed E-state index contributed by atoms with van der Waals surface area (Å²) >= 11 is 3.28. The Morgan fingerprint density at radius 1 is 0.852 bits per heavy atom. The van der Waals surface area contributed by atoms with Gasteiger partial charge in [0.1, 0.15) is 11.6 Å². The van der Waals surface area contributed by atoms with E-state index in [0.717, 1.165) is 4.47 Å². The zero-order valence-corrected chi connectivity index (χ0v) is 15.3. The summed E-state index contributed by atoms with van der Waals surface area (Å²) in [7, 11) is 0. The molecule has 7 heteroatoms. The smallest absolute Gasteiger partial charge is 0.344 e. The molecule has 0 aliphatic carbocycles. The zero-order valence-electron chi connectivity index (χ0n) is 13.8. The Hall–Kier alpha value is -3.50. The number of hydrogen-bond acceptors (Lipinski definition) is 6. The molecule has 0 atom stereocenters. The molecule has 1 heterocycles. The third-order valence-electron chi connectivity index (χ3n) is 3.43. The van der Waals surface area contributed by atoms with Crippen molar-refractivity contribution in [2.45, 2.75) is 0 Å². The van der Waals surface area contributed by atoms with Gasteiger partial charge in [0.15, 0.2) is 0 Å². The highest BCUT2D eigenvalue weighted by Gasteiger charge is 2.16. The minimum atomic E-state index is -0.682. The third-order valence-corrected chi connectivity index (χ3v) is 3.96. The van der Waals surface area contributed by atoms with Crippen LogP contribution in [0.2, 0.25) is 0 Å². The number of benzene rings is 2. The maximum absolute atomic E-state index is 12.3. The normalized spacial score (nSPS) is 9.93.